The van der Waals surface area contributed by atoms with Gasteiger partial charge in [0, 0.05) is 35.0 Å². The van der Waals surface area contributed by atoms with E-state index in [0.717, 1.165) is 22.7 Å². The summed E-state index contributed by atoms with van der Waals surface area (Å²) >= 11 is 6.43. The van der Waals surface area contributed by atoms with E-state index in [0.29, 0.717) is 21.7 Å². The van der Waals surface area contributed by atoms with Gasteiger partial charge in [0.1, 0.15) is 5.56 Å². The number of hydrogen-bond acceptors (Lipinski definition) is 6. The van der Waals surface area contributed by atoms with Crippen molar-refractivity contribution in [2.75, 3.05) is 24.2 Å². The molecule has 13 heteroatoms. The van der Waals surface area contributed by atoms with Crippen molar-refractivity contribution in [3.05, 3.63) is 70.9 Å². The Labute approximate surface area is 215 Å². The normalized spacial score (nSPS) is 12.1. The van der Waals surface area contributed by atoms with Gasteiger partial charge in [-0.1, -0.05) is 41.9 Å². The summed E-state index contributed by atoms with van der Waals surface area (Å²) in [4.78, 5) is 17.3. The van der Waals surface area contributed by atoms with Crippen LogP contribution in [0.15, 0.2) is 54.7 Å². The van der Waals surface area contributed by atoms with Gasteiger partial charge < -0.3 is 4.74 Å². The van der Waals surface area contributed by atoms with E-state index in [2.05, 4.69) is 10.1 Å². The molecular formula is C24H20ClF3N4O4S. The van der Waals surface area contributed by atoms with Crippen LogP contribution in [-0.2, 0) is 20.9 Å². The molecule has 0 aliphatic carbocycles. The first kappa shape index (κ1) is 26.4. The minimum absolute atomic E-state index is 0.00166. The SMILES string of the molecule is CCOC(=O)c1c(N(C)S(C)(=O)=O)nn2c(-c3ccc(C(F)(F)F)cc3)c(-c3ccccc3Cl)cnc12. The number of hydrogen-bond donors (Lipinski definition) is 0. The number of ether oxygens (including phenoxy) is 1. The number of aromatic nitrogens is 3. The average Bonchev–Trinajstić information content (AvgIpc) is 3.22. The van der Waals surface area contributed by atoms with E-state index in [1.165, 1.54) is 29.9 Å². The molecule has 37 heavy (non-hydrogen) atoms. The van der Waals surface area contributed by atoms with Gasteiger partial charge in [-0.3, -0.25) is 4.31 Å². The van der Waals surface area contributed by atoms with Crippen molar-refractivity contribution in [3.63, 3.8) is 0 Å². The summed E-state index contributed by atoms with van der Waals surface area (Å²) in [5.41, 5.74) is 0.311. The van der Waals surface area contributed by atoms with Crippen LogP contribution in [0.25, 0.3) is 28.0 Å². The molecule has 0 fully saturated rings. The van der Waals surface area contributed by atoms with Gasteiger partial charge in [-0.05, 0) is 25.1 Å². The molecule has 4 aromatic rings. The fraction of sp³-hybridized carbons (Fsp3) is 0.208. The zero-order valence-electron chi connectivity index (χ0n) is 19.7. The highest BCUT2D eigenvalue weighted by Gasteiger charge is 2.32. The second kappa shape index (κ2) is 9.67. The summed E-state index contributed by atoms with van der Waals surface area (Å²) in [7, 11) is -2.65. The number of benzene rings is 2. The lowest BCUT2D eigenvalue weighted by Crippen LogP contribution is -2.27. The number of carbonyl (C=O) groups excluding carboxylic acids is 1. The Morgan fingerprint density at radius 2 is 1.76 bits per heavy atom. The van der Waals surface area contributed by atoms with Gasteiger partial charge in [-0.15, -0.1) is 5.10 Å². The minimum Gasteiger partial charge on any atom is -0.462 e. The molecule has 0 atom stereocenters. The van der Waals surface area contributed by atoms with Crippen LogP contribution in [0.5, 0.6) is 0 Å². The first-order valence-electron chi connectivity index (χ1n) is 10.8. The molecule has 0 aliphatic heterocycles. The fourth-order valence-electron chi connectivity index (χ4n) is 3.71. The van der Waals surface area contributed by atoms with E-state index in [4.69, 9.17) is 16.3 Å². The van der Waals surface area contributed by atoms with E-state index in [1.807, 2.05) is 0 Å². The van der Waals surface area contributed by atoms with Gasteiger partial charge in [0.25, 0.3) is 0 Å². The number of carbonyl (C=O) groups is 1. The molecule has 0 saturated carbocycles. The minimum atomic E-state index is -4.55. The maximum absolute atomic E-state index is 13.2. The average molecular weight is 553 g/mol. The predicted octanol–water partition coefficient (Wildman–Crippen LogP) is 5.31. The lowest BCUT2D eigenvalue weighted by Gasteiger charge is -2.14. The molecule has 0 radical (unpaired) electrons. The van der Waals surface area contributed by atoms with Crippen LogP contribution in [0, 0.1) is 0 Å². The summed E-state index contributed by atoms with van der Waals surface area (Å²) < 4.78 is 71.5. The zero-order valence-corrected chi connectivity index (χ0v) is 21.3. The van der Waals surface area contributed by atoms with Gasteiger partial charge in [0.2, 0.25) is 10.0 Å². The van der Waals surface area contributed by atoms with Crippen molar-refractivity contribution in [2.24, 2.45) is 0 Å². The second-order valence-electron chi connectivity index (χ2n) is 7.96. The lowest BCUT2D eigenvalue weighted by atomic mass is 9.99. The molecule has 0 aliphatic rings. The molecule has 0 saturated heterocycles. The summed E-state index contributed by atoms with van der Waals surface area (Å²) in [6.45, 7) is 1.59. The smallest absolute Gasteiger partial charge is 0.416 e. The standard InChI is InChI=1S/C24H20ClF3N4O4S/c1-4-36-23(33)19-21-29-13-17(16-7-5-6-8-18(16)25)20(14-9-11-15(12-10-14)24(26,27)28)32(21)30-22(19)31(2)37(3,34)35/h5-13H,4H2,1-3H3. The lowest BCUT2D eigenvalue weighted by molar-refractivity contribution is -0.137. The Hall–Kier alpha value is -3.64. The van der Waals surface area contributed by atoms with Crippen molar-refractivity contribution >= 4 is 39.1 Å². The molecular weight excluding hydrogens is 533 g/mol. The van der Waals surface area contributed by atoms with Crippen LogP contribution in [-0.4, -0.2) is 48.9 Å². The van der Waals surface area contributed by atoms with Crippen molar-refractivity contribution in [1.29, 1.82) is 0 Å². The van der Waals surface area contributed by atoms with E-state index in [1.54, 1.807) is 31.2 Å². The third-order valence-electron chi connectivity index (χ3n) is 5.55. The van der Waals surface area contributed by atoms with E-state index >= 15 is 0 Å². The molecule has 8 nitrogen and oxygen atoms in total. The zero-order chi connectivity index (χ0) is 27.1. The van der Waals surface area contributed by atoms with Gasteiger partial charge in [-0.25, -0.2) is 22.7 Å². The number of anilines is 1. The molecule has 0 spiro atoms. The monoisotopic (exact) mass is 552 g/mol. The topological polar surface area (TPSA) is 93.9 Å². The number of fused-ring (bicyclic) bond motifs is 1. The molecule has 0 amide bonds. The first-order chi connectivity index (χ1) is 17.3. The van der Waals surface area contributed by atoms with Crippen LogP contribution in [0.4, 0.5) is 19.0 Å². The molecule has 0 bridgehead atoms. The number of sulfonamides is 1. The molecule has 0 N–H and O–H groups in total. The highest BCUT2D eigenvalue weighted by atomic mass is 35.5. The Kier molecular flexibility index (Phi) is 6.91. The highest BCUT2D eigenvalue weighted by molar-refractivity contribution is 7.92. The van der Waals surface area contributed by atoms with Crippen molar-refractivity contribution in [1.82, 2.24) is 14.6 Å². The third-order valence-corrected chi connectivity index (χ3v) is 7.05. The summed E-state index contributed by atoms with van der Waals surface area (Å²) in [6.07, 6.45) is -2.21. The van der Waals surface area contributed by atoms with Gasteiger partial charge >= 0.3 is 12.1 Å². The number of nitrogens with zero attached hydrogens (tertiary/aromatic N) is 4. The van der Waals surface area contributed by atoms with Gasteiger partial charge in [0.15, 0.2) is 11.5 Å². The van der Waals surface area contributed by atoms with Crippen LogP contribution in [0.3, 0.4) is 0 Å². The molecule has 4 rings (SSSR count). The Bertz CT molecular complexity index is 1600. The number of rotatable bonds is 6. The largest absolute Gasteiger partial charge is 0.462 e. The van der Waals surface area contributed by atoms with Crippen molar-refractivity contribution < 1.29 is 31.1 Å². The number of esters is 1. The van der Waals surface area contributed by atoms with Crippen LogP contribution in [0.2, 0.25) is 5.02 Å². The maximum Gasteiger partial charge on any atom is 0.416 e. The van der Waals surface area contributed by atoms with Crippen LogP contribution >= 0.6 is 11.6 Å². The van der Waals surface area contributed by atoms with Gasteiger partial charge in [0.05, 0.1) is 24.1 Å². The van der Waals surface area contributed by atoms with E-state index < -0.39 is 27.7 Å². The summed E-state index contributed by atoms with van der Waals surface area (Å²) in [6, 6.07) is 11.1. The second-order valence-corrected chi connectivity index (χ2v) is 10.4. The Morgan fingerprint density at radius 3 is 2.32 bits per heavy atom. The Balaban J connectivity index is 2.12. The predicted molar refractivity (Wildman–Crippen MR) is 133 cm³/mol. The molecule has 2 aromatic carbocycles. The van der Waals surface area contributed by atoms with Crippen molar-refractivity contribution in [3.8, 4) is 22.4 Å². The van der Waals surface area contributed by atoms with Gasteiger partial charge in [-0.2, -0.15) is 13.2 Å². The molecule has 2 heterocycles. The molecule has 194 valence electrons. The first-order valence-corrected chi connectivity index (χ1v) is 13.0. The Morgan fingerprint density at radius 1 is 1.11 bits per heavy atom. The van der Waals surface area contributed by atoms with Crippen LogP contribution < -0.4 is 4.31 Å². The molecule has 2 aromatic heterocycles. The van der Waals surface area contributed by atoms with Crippen molar-refractivity contribution in [2.45, 2.75) is 13.1 Å². The summed E-state index contributed by atoms with van der Waals surface area (Å²) in [5, 5.41) is 4.72. The maximum atomic E-state index is 13.2. The van der Waals surface area contributed by atoms with E-state index in [-0.39, 0.29) is 29.3 Å². The van der Waals surface area contributed by atoms with E-state index in [9.17, 15) is 26.4 Å². The quantitative estimate of drug-likeness (QED) is 0.301. The fourth-order valence-corrected chi connectivity index (χ4v) is 4.39. The number of halogens is 4. The molecule has 0 unspecified atom stereocenters. The number of alkyl halides is 3. The van der Waals surface area contributed by atoms with Crippen LogP contribution in [0.1, 0.15) is 22.8 Å². The third kappa shape index (κ3) is 4.98. The highest BCUT2D eigenvalue weighted by Crippen LogP contribution is 2.39. The summed E-state index contributed by atoms with van der Waals surface area (Å²) in [5.74, 6) is -1.11.